The average Bonchev–Trinajstić information content (AvgIpc) is 2.47. The van der Waals surface area contributed by atoms with Crippen LogP contribution in [0.4, 0.5) is 5.69 Å². The third-order valence-electron chi connectivity index (χ3n) is 5.13. The van der Waals surface area contributed by atoms with Gasteiger partial charge in [-0.1, -0.05) is 12.1 Å². The topological polar surface area (TPSA) is 32.5 Å². The van der Waals surface area contributed by atoms with Crippen LogP contribution in [-0.4, -0.2) is 37.6 Å². The molecule has 3 atom stereocenters. The van der Waals surface area contributed by atoms with E-state index >= 15 is 0 Å². The zero-order chi connectivity index (χ0) is 14.1. The van der Waals surface area contributed by atoms with Crippen molar-refractivity contribution in [1.29, 1.82) is 0 Å². The predicted octanol–water partition coefficient (Wildman–Crippen LogP) is 2.63. The van der Waals surface area contributed by atoms with E-state index in [1.54, 1.807) is 0 Å². The highest BCUT2D eigenvalue weighted by Gasteiger charge is 2.34. The molecule has 0 amide bonds. The van der Waals surface area contributed by atoms with E-state index in [1.807, 2.05) is 6.92 Å². The molecule has 2 unspecified atom stereocenters. The molecule has 0 aliphatic carbocycles. The van der Waals surface area contributed by atoms with Gasteiger partial charge in [-0.2, -0.15) is 0 Å². The summed E-state index contributed by atoms with van der Waals surface area (Å²) in [5.74, 6) is 0.843. The van der Waals surface area contributed by atoms with E-state index in [4.69, 9.17) is 5.73 Å². The Morgan fingerprint density at radius 1 is 1.15 bits per heavy atom. The van der Waals surface area contributed by atoms with Gasteiger partial charge in [-0.15, -0.1) is 0 Å². The van der Waals surface area contributed by atoms with Crippen LogP contribution in [-0.2, 0) is 0 Å². The lowest BCUT2D eigenvalue weighted by molar-refractivity contribution is 0.102. The Kier molecular flexibility index (Phi) is 3.99. The monoisotopic (exact) mass is 273 g/mol. The highest BCUT2D eigenvalue weighted by Crippen LogP contribution is 2.32. The van der Waals surface area contributed by atoms with Gasteiger partial charge in [0.1, 0.15) is 0 Å². The molecule has 2 fully saturated rings. The van der Waals surface area contributed by atoms with Crippen LogP contribution >= 0.6 is 0 Å². The third-order valence-corrected chi connectivity index (χ3v) is 5.13. The van der Waals surface area contributed by atoms with Gasteiger partial charge in [0.15, 0.2) is 0 Å². The lowest BCUT2D eigenvalue weighted by Gasteiger charge is -2.46. The average molecular weight is 273 g/mol. The summed E-state index contributed by atoms with van der Waals surface area (Å²) in [6, 6.07) is 9.78. The third kappa shape index (κ3) is 2.70. The van der Waals surface area contributed by atoms with Crippen LogP contribution in [0.15, 0.2) is 24.3 Å². The molecule has 3 rings (SSSR count). The lowest BCUT2D eigenvalue weighted by atomic mass is 9.84. The molecule has 2 aliphatic rings. The van der Waals surface area contributed by atoms with Crippen LogP contribution in [0.2, 0.25) is 0 Å². The van der Waals surface area contributed by atoms with E-state index in [-0.39, 0.29) is 6.04 Å². The summed E-state index contributed by atoms with van der Waals surface area (Å²) in [6.45, 7) is 5.72. The van der Waals surface area contributed by atoms with Crippen LogP contribution in [0.3, 0.4) is 0 Å². The van der Waals surface area contributed by atoms with Gasteiger partial charge in [-0.25, -0.2) is 0 Å². The molecule has 0 aromatic heterocycles. The Balaban J connectivity index is 1.69. The van der Waals surface area contributed by atoms with Crippen LogP contribution in [0.5, 0.6) is 0 Å². The summed E-state index contributed by atoms with van der Waals surface area (Å²) < 4.78 is 0. The zero-order valence-corrected chi connectivity index (χ0v) is 12.8. The number of nitrogens with zero attached hydrogens (tertiary/aromatic N) is 2. The zero-order valence-electron chi connectivity index (χ0n) is 12.8. The van der Waals surface area contributed by atoms with Gasteiger partial charge in [0, 0.05) is 30.9 Å². The SMILES string of the molecule is C[C@@H](N)c1ccc(N2CCC3C(CCCN3C)C2)cc1. The summed E-state index contributed by atoms with van der Waals surface area (Å²) in [4.78, 5) is 5.13. The molecule has 3 nitrogen and oxygen atoms in total. The van der Waals surface area contributed by atoms with Crippen molar-refractivity contribution in [3.63, 3.8) is 0 Å². The van der Waals surface area contributed by atoms with Crippen molar-refractivity contribution in [2.24, 2.45) is 11.7 Å². The van der Waals surface area contributed by atoms with Crippen LogP contribution in [0.25, 0.3) is 0 Å². The number of rotatable bonds is 2. The van der Waals surface area contributed by atoms with E-state index in [0.29, 0.717) is 0 Å². The minimum absolute atomic E-state index is 0.127. The van der Waals surface area contributed by atoms with Crippen molar-refractivity contribution >= 4 is 5.69 Å². The van der Waals surface area contributed by atoms with Crippen molar-refractivity contribution in [1.82, 2.24) is 4.90 Å². The molecule has 3 heteroatoms. The molecule has 0 saturated carbocycles. The number of hydrogen-bond acceptors (Lipinski definition) is 3. The molecule has 2 N–H and O–H groups in total. The van der Waals surface area contributed by atoms with Crippen molar-refractivity contribution in [2.75, 3.05) is 31.6 Å². The number of hydrogen-bond donors (Lipinski definition) is 1. The molecule has 0 spiro atoms. The normalized spacial score (nSPS) is 29.1. The van der Waals surface area contributed by atoms with Crippen LogP contribution in [0.1, 0.15) is 37.8 Å². The maximum absolute atomic E-state index is 5.93. The Hall–Kier alpha value is -1.06. The number of benzene rings is 1. The Bertz CT molecular complexity index is 440. The highest BCUT2D eigenvalue weighted by atomic mass is 15.2. The minimum atomic E-state index is 0.127. The summed E-state index contributed by atoms with van der Waals surface area (Å²) in [5, 5.41) is 0. The standard InChI is InChI=1S/C17H27N3/c1-13(18)14-5-7-16(8-6-14)20-11-9-17-15(12-20)4-3-10-19(17)2/h5-8,13,15,17H,3-4,9-12,18H2,1-2H3/t13-,15?,17?/m1/s1. The number of fused-ring (bicyclic) bond motifs is 1. The quantitative estimate of drug-likeness (QED) is 0.899. The Morgan fingerprint density at radius 2 is 1.90 bits per heavy atom. The molecule has 0 bridgehead atoms. The molecule has 1 aromatic carbocycles. The molecule has 2 heterocycles. The first-order valence-electron chi connectivity index (χ1n) is 7.96. The smallest absolute Gasteiger partial charge is 0.0366 e. The van der Waals surface area contributed by atoms with Gasteiger partial charge < -0.3 is 15.5 Å². The largest absolute Gasteiger partial charge is 0.371 e. The summed E-state index contributed by atoms with van der Waals surface area (Å²) in [7, 11) is 2.30. The first-order valence-corrected chi connectivity index (χ1v) is 7.96. The number of likely N-dealkylation sites (tertiary alicyclic amines) is 1. The van der Waals surface area contributed by atoms with Gasteiger partial charge in [0.2, 0.25) is 0 Å². The number of nitrogens with two attached hydrogens (primary N) is 1. The van der Waals surface area contributed by atoms with Gasteiger partial charge in [0.25, 0.3) is 0 Å². The first-order chi connectivity index (χ1) is 9.65. The second-order valence-corrected chi connectivity index (χ2v) is 6.57. The van der Waals surface area contributed by atoms with E-state index in [1.165, 1.54) is 50.1 Å². The van der Waals surface area contributed by atoms with Crippen LogP contribution < -0.4 is 10.6 Å². The fraction of sp³-hybridized carbons (Fsp3) is 0.647. The lowest BCUT2D eigenvalue weighted by Crippen LogP contribution is -2.52. The maximum Gasteiger partial charge on any atom is 0.0366 e. The molecule has 1 aromatic rings. The van der Waals surface area contributed by atoms with Gasteiger partial charge >= 0.3 is 0 Å². The fourth-order valence-corrected chi connectivity index (χ4v) is 3.88. The fourth-order valence-electron chi connectivity index (χ4n) is 3.88. The Morgan fingerprint density at radius 3 is 2.60 bits per heavy atom. The molecule has 0 radical (unpaired) electrons. The van der Waals surface area contributed by atoms with Crippen molar-refractivity contribution < 1.29 is 0 Å². The predicted molar refractivity (Wildman–Crippen MR) is 85.0 cm³/mol. The Labute approximate surface area is 122 Å². The molecule has 2 aliphatic heterocycles. The molecular formula is C17H27N3. The molecule has 2 saturated heterocycles. The summed E-state index contributed by atoms with van der Waals surface area (Å²) in [5.41, 5.74) is 8.51. The van der Waals surface area contributed by atoms with Gasteiger partial charge in [-0.3, -0.25) is 0 Å². The van der Waals surface area contributed by atoms with E-state index < -0.39 is 0 Å². The minimum Gasteiger partial charge on any atom is -0.371 e. The van der Waals surface area contributed by atoms with Crippen molar-refractivity contribution in [3.8, 4) is 0 Å². The van der Waals surface area contributed by atoms with Crippen molar-refractivity contribution in [3.05, 3.63) is 29.8 Å². The maximum atomic E-state index is 5.93. The van der Waals surface area contributed by atoms with Crippen LogP contribution in [0, 0.1) is 5.92 Å². The molecular weight excluding hydrogens is 246 g/mol. The van der Waals surface area contributed by atoms with E-state index in [2.05, 4.69) is 41.1 Å². The van der Waals surface area contributed by atoms with Crippen molar-refractivity contribution in [2.45, 2.75) is 38.3 Å². The van der Waals surface area contributed by atoms with Gasteiger partial charge in [-0.05, 0) is 63.4 Å². The van der Waals surface area contributed by atoms with E-state index in [9.17, 15) is 0 Å². The second-order valence-electron chi connectivity index (χ2n) is 6.57. The number of anilines is 1. The number of piperidine rings is 2. The molecule has 20 heavy (non-hydrogen) atoms. The van der Waals surface area contributed by atoms with E-state index in [0.717, 1.165) is 12.0 Å². The summed E-state index contributed by atoms with van der Waals surface area (Å²) in [6.07, 6.45) is 4.05. The molecule has 110 valence electrons. The summed E-state index contributed by atoms with van der Waals surface area (Å²) >= 11 is 0. The van der Waals surface area contributed by atoms with Gasteiger partial charge in [0.05, 0.1) is 0 Å². The first kappa shape index (κ1) is 13.9. The highest BCUT2D eigenvalue weighted by molar-refractivity contribution is 5.48. The second kappa shape index (κ2) is 5.74.